The molecular formula is C9H11N3O3. The first kappa shape index (κ1) is 10.8. The maximum absolute atomic E-state index is 11.3. The molecule has 0 spiro atoms. The van der Waals surface area contributed by atoms with E-state index < -0.39 is 6.09 Å². The molecule has 0 saturated heterocycles. The Morgan fingerprint density at radius 3 is 2.60 bits per heavy atom. The molecule has 15 heavy (non-hydrogen) atoms. The van der Waals surface area contributed by atoms with E-state index in [0.29, 0.717) is 5.69 Å². The predicted octanol–water partition coefficient (Wildman–Crippen LogP) is 0.718. The van der Waals surface area contributed by atoms with Gasteiger partial charge in [0.15, 0.2) is 0 Å². The average molecular weight is 209 g/mol. The van der Waals surface area contributed by atoms with Crippen LogP contribution >= 0.6 is 0 Å². The molecule has 0 aliphatic rings. The van der Waals surface area contributed by atoms with E-state index in [4.69, 9.17) is 10.8 Å². The summed E-state index contributed by atoms with van der Waals surface area (Å²) in [5.41, 5.74) is 6.26. The number of carbonyl (C=O) groups excluding carboxylic acids is 1. The highest BCUT2D eigenvalue weighted by Gasteiger charge is 2.11. The Kier molecular flexibility index (Phi) is 3.12. The predicted molar refractivity (Wildman–Crippen MR) is 55.9 cm³/mol. The third-order valence-corrected chi connectivity index (χ3v) is 1.76. The Labute approximate surface area is 86.1 Å². The van der Waals surface area contributed by atoms with Crippen LogP contribution in [0, 0.1) is 0 Å². The van der Waals surface area contributed by atoms with Crippen LogP contribution in [0.1, 0.15) is 10.4 Å². The van der Waals surface area contributed by atoms with E-state index in [1.807, 2.05) is 0 Å². The number of carbonyl (C=O) groups is 2. The van der Waals surface area contributed by atoms with Crippen LogP contribution in [0.3, 0.4) is 0 Å². The standard InChI is InChI=1S/C9H11N3O3/c1-11-8(13)6-3-2-5(10)4-7(6)12-9(14)15/h2-4,12H,10H2,1H3,(H,11,13)(H,14,15). The van der Waals surface area contributed by atoms with Gasteiger partial charge in [0.2, 0.25) is 0 Å². The fourth-order valence-corrected chi connectivity index (χ4v) is 1.11. The van der Waals surface area contributed by atoms with Crippen molar-refractivity contribution in [3.05, 3.63) is 23.8 Å². The van der Waals surface area contributed by atoms with Crippen molar-refractivity contribution < 1.29 is 14.7 Å². The van der Waals surface area contributed by atoms with E-state index in [1.54, 1.807) is 0 Å². The van der Waals surface area contributed by atoms with Crippen LogP contribution in [0.15, 0.2) is 18.2 Å². The lowest BCUT2D eigenvalue weighted by Gasteiger charge is -2.08. The Morgan fingerprint density at radius 1 is 1.40 bits per heavy atom. The second-order valence-corrected chi connectivity index (χ2v) is 2.81. The maximum atomic E-state index is 11.3. The highest BCUT2D eigenvalue weighted by atomic mass is 16.4. The lowest BCUT2D eigenvalue weighted by molar-refractivity contribution is 0.0964. The summed E-state index contributed by atoms with van der Waals surface area (Å²) in [6.07, 6.45) is -1.24. The normalized spacial score (nSPS) is 9.40. The van der Waals surface area contributed by atoms with Gasteiger partial charge in [0, 0.05) is 12.7 Å². The van der Waals surface area contributed by atoms with Crippen molar-refractivity contribution in [1.29, 1.82) is 0 Å². The topological polar surface area (TPSA) is 104 Å². The number of hydrogen-bond acceptors (Lipinski definition) is 3. The summed E-state index contributed by atoms with van der Waals surface area (Å²) in [6.45, 7) is 0. The third-order valence-electron chi connectivity index (χ3n) is 1.76. The van der Waals surface area contributed by atoms with Crippen LogP contribution in [0.4, 0.5) is 16.2 Å². The Morgan fingerprint density at radius 2 is 2.07 bits per heavy atom. The number of nitrogens with one attached hydrogen (secondary N) is 2. The van der Waals surface area contributed by atoms with Crippen molar-refractivity contribution in [2.24, 2.45) is 0 Å². The zero-order chi connectivity index (χ0) is 11.4. The van der Waals surface area contributed by atoms with Gasteiger partial charge < -0.3 is 16.2 Å². The molecule has 0 aromatic heterocycles. The van der Waals surface area contributed by atoms with E-state index in [9.17, 15) is 9.59 Å². The van der Waals surface area contributed by atoms with Crippen molar-refractivity contribution in [3.63, 3.8) is 0 Å². The van der Waals surface area contributed by atoms with Gasteiger partial charge in [0.1, 0.15) is 0 Å². The molecule has 2 amide bonds. The number of nitrogens with two attached hydrogens (primary N) is 1. The second kappa shape index (κ2) is 4.32. The van der Waals surface area contributed by atoms with Crippen molar-refractivity contribution >= 4 is 23.4 Å². The first-order valence-electron chi connectivity index (χ1n) is 4.16. The van der Waals surface area contributed by atoms with E-state index in [1.165, 1.54) is 25.2 Å². The minimum Gasteiger partial charge on any atom is -0.465 e. The van der Waals surface area contributed by atoms with Crippen LogP contribution < -0.4 is 16.4 Å². The fourth-order valence-electron chi connectivity index (χ4n) is 1.11. The monoisotopic (exact) mass is 209 g/mol. The van der Waals surface area contributed by atoms with Gasteiger partial charge in [-0.15, -0.1) is 0 Å². The number of carboxylic acid groups (broad SMARTS) is 1. The molecule has 1 aromatic rings. The summed E-state index contributed by atoms with van der Waals surface area (Å²) in [5.74, 6) is -0.376. The summed E-state index contributed by atoms with van der Waals surface area (Å²) in [5, 5.41) is 13.1. The van der Waals surface area contributed by atoms with Gasteiger partial charge in [-0.2, -0.15) is 0 Å². The molecule has 5 N–H and O–H groups in total. The Balaban J connectivity index is 3.13. The van der Waals surface area contributed by atoms with Crippen LogP contribution in [0.5, 0.6) is 0 Å². The number of amides is 2. The molecule has 1 aromatic carbocycles. The molecule has 0 saturated carbocycles. The summed E-state index contributed by atoms with van der Waals surface area (Å²) in [7, 11) is 1.46. The number of rotatable bonds is 2. The molecule has 0 aliphatic heterocycles. The van der Waals surface area contributed by atoms with Gasteiger partial charge in [-0.25, -0.2) is 4.79 Å². The van der Waals surface area contributed by atoms with Gasteiger partial charge in [0.05, 0.1) is 11.3 Å². The number of hydrogen-bond donors (Lipinski definition) is 4. The smallest absolute Gasteiger partial charge is 0.409 e. The van der Waals surface area contributed by atoms with Crippen LogP contribution in [-0.2, 0) is 0 Å². The van der Waals surface area contributed by atoms with Gasteiger partial charge in [-0.05, 0) is 18.2 Å². The van der Waals surface area contributed by atoms with Crippen molar-refractivity contribution in [3.8, 4) is 0 Å². The van der Waals surface area contributed by atoms with Gasteiger partial charge in [-0.1, -0.05) is 0 Å². The lowest BCUT2D eigenvalue weighted by atomic mass is 10.1. The third kappa shape index (κ3) is 2.60. The molecule has 1 rings (SSSR count). The fraction of sp³-hybridized carbons (Fsp3) is 0.111. The minimum absolute atomic E-state index is 0.168. The van der Waals surface area contributed by atoms with Gasteiger partial charge in [-0.3, -0.25) is 10.1 Å². The highest BCUT2D eigenvalue weighted by molar-refractivity contribution is 6.02. The molecule has 0 heterocycles. The lowest BCUT2D eigenvalue weighted by Crippen LogP contribution is -2.21. The quantitative estimate of drug-likeness (QED) is 0.538. The van der Waals surface area contributed by atoms with Crippen LogP contribution in [0.25, 0.3) is 0 Å². The largest absolute Gasteiger partial charge is 0.465 e. The first-order chi connectivity index (χ1) is 7.04. The van der Waals surface area contributed by atoms with Crippen molar-refractivity contribution in [2.45, 2.75) is 0 Å². The summed E-state index contributed by atoms with van der Waals surface area (Å²) < 4.78 is 0. The van der Waals surface area contributed by atoms with E-state index in [0.717, 1.165) is 0 Å². The molecule has 6 heteroatoms. The van der Waals surface area contributed by atoms with E-state index >= 15 is 0 Å². The maximum Gasteiger partial charge on any atom is 0.409 e. The average Bonchev–Trinajstić information content (AvgIpc) is 2.16. The molecule has 0 fully saturated rings. The van der Waals surface area contributed by atoms with Crippen molar-refractivity contribution in [1.82, 2.24) is 5.32 Å². The zero-order valence-electron chi connectivity index (χ0n) is 8.07. The molecule has 0 bridgehead atoms. The van der Waals surface area contributed by atoms with Crippen molar-refractivity contribution in [2.75, 3.05) is 18.1 Å². The number of benzene rings is 1. The van der Waals surface area contributed by atoms with Gasteiger partial charge >= 0.3 is 6.09 Å². The molecule has 0 unspecified atom stereocenters. The first-order valence-corrected chi connectivity index (χ1v) is 4.16. The minimum atomic E-state index is -1.24. The summed E-state index contributed by atoms with van der Waals surface area (Å²) in [4.78, 5) is 21.8. The molecular weight excluding hydrogens is 198 g/mol. The molecule has 6 nitrogen and oxygen atoms in total. The number of nitrogen functional groups attached to an aromatic ring is 1. The Bertz CT molecular complexity index is 404. The van der Waals surface area contributed by atoms with Crippen LogP contribution in [0.2, 0.25) is 0 Å². The SMILES string of the molecule is CNC(=O)c1ccc(N)cc1NC(=O)O. The summed E-state index contributed by atoms with van der Waals surface area (Å²) in [6, 6.07) is 4.37. The molecule has 0 aliphatic carbocycles. The molecule has 80 valence electrons. The summed E-state index contributed by atoms with van der Waals surface area (Å²) >= 11 is 0. The number of anilines is 2. The molecule has 0 radical (unpaired) electrons. The molecule has 0 atom stereocenters. The van der Waals surface area contributed by atoms with Gasteiger partial charge in [0.25, 0.3) is 5.91 Å². The second-order valence-electron chi connectivity index (χ2n) is 2.81. The van der Waals surface area contributed by atoms with E-state index in [2.05, 4.69) is 10.6 Å². The zero-order valence-corrected chi connectivity index (χ0v) is 8.07. The van der Waals surface area contributed by atoms with Crippen LogP contribution in [-0.4, -0.2) is 24.2 Å². The van der Waals surface area contributed by atoms with E-state index in [-0.39, 0.29) is 17.2 Å². The highest BCUT2D eigenvalue weighted by Crippen LogP contribution is 2.19. The Hall–Kier alpha value is -2.24.